The van der Waals surface area contributed by atoms with Crippen molar-refractivity contribution in [3.05, 3.63) is 15.0 Å². The third kappa shape index (κ3) is 2.64. The molecule has 1 aromatic carbocycles. The molecule has 16 heavy (non-hydrogen) atoms. The highest BCUT2D eigenvalue weighted by molar-refractivity contribution is 9.13. The Labute approximate surface area is 115 Å². The number of hydrogen-bond donors (Lipinski definition) is 0. The Balaban J connectivity index is 3.74. The number of hydrogen-bond acceptors (Lipinski definition) is 4. The Morgan fingerprint density at radius 2 is 1.81 bits per heavy atom. The fourth-order valence-corrected chi connectivity index (χ4v) is 4.05. The number of ether oxygens (including phenoxy) is 2. The first-order valence-corrected chi connectivity index (χ1v) is 7.77. The Bertz CT molecular complexity index is 515. The molecule has 0 N–H and O–H groups in total. The molecule has 0 saturated heterocycles. The van der Waals surface area contributed by atoms with Crippen molar-refractivity contribution in [3.8, 4) is 11.5 Å². The van der Waals surface area contributed by atoms with Crippen LogP contribution < -0.4 is 9.47 Å². The highest BCUT2D eigenvalue weighted by atomic mass is 79.9. The summed E-state index contributed by atoms with van der Waals surface area (Å²) in [6.07, 6.45) is 0. The summed E-state index contributed by atoms with van der Waals surface area (Å²) in [5.41, 5.74) is 0. The van der Waals surface area contributed by atoms with Crippen molar-refractivity contribution in [2.45, 2.75) is 4.90 Å². The molecule has 4 nitrogen and oxygen atoms in total. The van der Waals surface area contributed by atoms with Gasteiger partial charge in [0, 0.05) is 15.2 Å². The van der Waals surface area contributed by atoms with E-state index < -0.39 is 9.05 Å². The van der Waals surface area contributed by atoms with Crippen molar-refractivity contribution in [3.63, 3.8) is 0 Å². The largest absolute Gasteiger partial charge is 0.493 e. The van der Waals surface area contributed by atoms with E-state index in [0.29, 0.717) is 8.95 Å². The molecule has 0 spiro atoms. The zero-order chi connectivity index (χ0) is 12.5. The van der Waals surface area contributed by atoms with Crippen LogP contribution in [0.5, 0.6) is 11.5 Å². The Morgan fingerprint density at radius 1 is 1.25 bits per heavy atom. The predicted octanol–water partition coefficient (Wildman–Crippen LogP) is 3.16. The summed E-state index contributed by atoms with van der Waals surface area (Å²) in [6.45, 7) is 0. The third-order valence-electron chi connectivity index (χ3n) is 1.76. The molecule has 0 amide bonds. The van der Waals surface area contributed by atoms with E-state index in [2.05, 4.69) is 31.9 Å². The predicted molar refractivity (Wildman–Crippen MR) is 68.0 cm³/mol. The van der Waals surface area contributed by atoms with Gasteiger partial charge < -0.3 is 9.47 Å². The van der Waals surface area contributed by atoms with Crippen molar-refractivity contribution in [2.75, 3.05) is 14.2 Å². The van der Waals surface area contributed by atoms with Gasteiger partial charge >= 0.3 is 0 Å². The molecule has 0 unspecified atom stereocenters. The molecule has 0 saturated carbocycles. The van der Waals surface area contributed by atoms with Crippen LogP contribution in [-0.4, -0.2) is 22.6 Å². The van der Waals surface area contributed by atoms with E-state index >= 15 is 0 Å². The van der Waals surface area contributed by atoms with E-state index in [9.17, 15) is 8.42 Å². The van der Waals surface area contributed by atoms with Crippen molar-refractivity contribution in [1.29, 1.82) is 0 Å². The van der Waals surface area contributed by atoms with Crippen LogP contribution in [0.4, 0.5) is 0 Å². The minimum Gasteiger partial charge on any atom is -0.493 e. The molecule has 0 fully saturated rings. The van der Waals surface area contributed by atoms with E-state index in [1.54, 1.807) is 6.07 Å². The number of methoxy groups -OCH3 is 2. The molecule has 0 aliphatic rings. The first-order chi connectivity index (χ1) is 7.32. The average molecular weight is 394 g/mol. The molecular weight excluding hydrogens is 387 g/mol. The molecule has 0 aromatic heterocycles. The van der Waals surface area contributed by atoms with Crippen LogP contribution in [0.2, 0.25) is 0 Å². The molecule has 0 atom stereocenters. The number of halogens is 3. The van der Waals surface area contributed by atoms with Gasteiger partial charge in [0.25, 0.3) is 9.05 Å². The standard InChI is InChI=1S/C8H7Br2ClO4S/c1-14-5-3-4(9)6(10)8(7(5)15-2)16(11,12)13/h3H,1-2H3. The van der Waals surface area contributed by atoms with E-state index in [-0.39, 0.29) is 16.4 Å². The van der Waals surface area contributed by atoms with Gasteiger partial charge in [-0.3, -0.25) is 0 Å². The summed E-state index contributed by atoms with van der Waals surface area (Å²) in [5.74, 6) is 0.337. The summed E-state index contributed by atoms with van der Waals surface area (Å²) >= 11 is 6.31. The van der Waals surface area contributed by atoms with Crippen LogP contribution in [0, 0.1) is 0 Å². The van der Waals surface area contributed by atoms with Crippen LogP contribution in [0.1, 0.15) is 0 Å². The number of benzene rings is 1. The first-order valence-electron chi connectivity index (χ1n) is 3.87. The SMILES string of the molecule is COc1cc(Br)c(Br)c(S(=O)(=O)Cl)c1OC. The van der Waals surface area contributed by atoms with E-state index in [4.69, 9.17) is 20.2 Å². The van der Waals surface area contributed by atoms with Crippen molar-refractivity contribution < 1.29 is 17.9 Å². The van der Waals surface area contributed by atoms with E-state index in [0.717, 1.165) is 0 Å². The zero-order valence-corrected chi connectivity index (χ0v) is 13.0. The maximum Gasteiger partial charge on any atom is 0.266 e. The summed E-state index contributed by atoms with van der Waals surface area (Å²) in [4.78, 5) is -0.164. The molecule has 1 aromatic rings. The minimum absolute atomic E-state index is 0.0626. The van der Waals surface area contributed by atoms with Crippen LogP contribution in [0.25, 0.3) is 0 Å². The summed E-state index contributed by atoms with van der Waals surface area (Å²) in [6, 6.07) is 1.58. The Kier molecular flexibility index (Phi) is 4.50. The maximum absolute atomic E-state index is 11.4. The molecular formula is C8H7Br2ClO4S. The molecule has 8 heteroatoms. The average Bonchev–Trinajstić information content (AvgIpc) is 2.19. The van der Waals surface area contributed by atoms with Crippen LogP contribution >= 0.6 is 42.5 Å². The highest BCUT2D eigenvalue weighted by Gasteiger charge is 2.26. The molecule has 0 aliphatic carbocycles. The van der Waals surface area contributed by atoms with E-state index in [1.165, 1.54) is 14.2 Å². The lowest BCUT2D eigenvalue weighted by Gasteiger charge is -2.13. The summed E-state index contributed by atoms with van der Waals surface area (Å²) in [5, 5.41) is 0. The zero-order valence-electron chi connectivity index (χ0n) is 8.25. The first kappa shape index (κ1) is 14.1. The molecule has 0 heterocycles. The van der Waals surface area contributed by atoms with Crippen molar-refractivity contribution in [2.24, 2.45) is 0 Å². The van der Waals surface area contributed by atoms with Gasteiger partial charge in [0.2, 0.25) is 0 Å². The van der Waals surface area contributed by atoms with Gasteiger partial charge in [-0.2, -0.15) is 0 Å². The quantitative estimate of drug-likeness (QED) is 0.739. The summed E-state index contributed by atoms with van der Waals surface area (Å²) in [7, 11) is 4.14. The molecule has 1 rings (SSSR count). The lowest BCUT2D eigenvalue weighted by molar-refractivity contribution is 0.346. The van der Waals surface area contributed by atoms with Crippen LogP contribution in [0.15, 0.2) is 19.9 Å². The van der Waals surface area contributed by atoms with Gasteiger partial charge in [-0.05, 0) is 37.9 Å². The molecule has 90 valence electrons. The van der Waals surface area contributed by atoms with Gasteiger partial charge in [-0.25, -0.2) is 8.42 Å². The molecule has 0 bridgehead atoms. The van der Waals surface area contributed by atoms with Gasteiger partial charge in [-0.1, -0.05) is 0 Å². The van der Waals surface area contributed by atoms with Gasteiger partial charge in [-0.15, -0.1) is 0 Å². The maximum atomic E-state index is 11.4. The van der Waals surface area contributed by atoms with E-state index in [1.807, 2.05) is 0 Å². The Hall–Kier alpha value is 0.0200. The lowest BCUT2D eigenvalue weighted by Crippen LogP contribution is -2.01. The number of rotatable bonds is 3. The normalized spacial score (nSPS) is 11.3. The fourth-order valence-electron chi connectivity index (χ4n) is 1.13. The second-order valence-electron chi connectivity index (χ2n) is 2.67. The second kappa shape index (κ2) is 5.12. The Morgan fingerprint density at radius 3 is 2.19 bits per heavy atom. The second-order valence-corrected chi connectivity index (χ2v) is 6.82. The third-order valence-corrected chi connectivity index (χ3v) is 5.35. The fraction of sp³-hybridized carbons (Fsp3) is 0.250. The van der Waals surface area contributed by atoms with Crippen molar-refractivity contribution >= 4 is 51.6 Å². The van der Waals surface area contributed by atoms with Crippen molar-refractivity contribution in [1.82, 2.24) is 0 Å². The topological polar surface area (TPSA) is 52.6 Å². The smallest absolute Gasteiger partial charge is 0.266 e. The monoisotopic (exact) mass is 392 g/mol. The molecule has 0 aliphatic heterocycles. The summed E-state index contributed by atoms with van der Waals surface area (Å²) < 4.78 is 33.7. The van der Waals surface area contributed by atoms with Gasteiger partial charge in [0.05, 0.1) is 18.7 Å². The van der Waals surface area contributed by atoms with Gasteiger partial charge in [0.1, 0.15) is 4.90 Å². The van der Waals surface area contributed by atoms with Gasteiger partial charge in [0.15, 0.2) is 11.5 Å². The lowest BCUT2D eigenvalue weighted by atomic mass is 10.3. The van der Waals surface area contributed by atoms with Crippen LogP contribution in [0.3, 0.4) is 0 Å². The van der Waals surface area contributed by atoms with Crippen LogP contribution in [-0.2, 0) is 9.05 Å². The highest BCUT2D eigenvalue weighted by Crippen LogP contribution is 2.44. The minimum atomic E-state index is -3.94. The molecule has 0 radical (unpaired) electrons.